The molecule has 1 atom stereocenters. The molecule has 0 aliphatic rings. The molecule has 100 valence electrons. The quantitative estimate of drug-likeness (QED) is 0.656. The van der Waals surface area contributed by atoms with Crippen LogP contribution in [0.15, 0.2) is 42.5 Å². The van der Waals surface area contributed by atoms with Gasteiger partial charge in [0.25, 0.3) is 0 Å². The zero-order valence-corrected chi connectivity index (χ0v) is 10.7. The number of benzene rings is 2. The Morgan fingerprint density at radius 1 is 1.05 bits per heavy atom. The van der Waals surface area contributed by atoms with Gasteiger partial charge in [0.15, 0.2) is 11.6 Å². The van der Waals surface area contributed by atoms with Gasteiger partial charge in [0.05, 0.1) is 6.04 Å². The van der Waals surface area contributed by atoms with E-state index in [2.05, 4.69) is 5.43 Å². The highest BCUT2D eigenvalue weighted by Crippen LogP contribution is 2.27. The number of hydrogen-bond acceptors (Lipinski definition) is 2. The van der Waals surface area contributed by atoms with Crippen molar-refractivity contribution in [2.45, 2.75) is 19.4 Å². The predicted molar refractivity (Wildman–Crippen MR) is 71.3 cm³/mol. The summed E-state index contributed by atoms with van der Waals surface area (Å²) < 4.78 is 27.2. The van der Waals surface area contributed by atoms with E-state index >= 15 is 0 Å². The SMILES string of the molecule is CCc1ccccc1C(NN)c1cccc(F)c1F. The minimum absolute atomic E-state index is 0.211. The standard InChI is InChI=1S/C15H16F2N2/c1-2-10-6-3-4-7-11(10)15(19-18)12-8-5-9-13(16)14(12)17/h3-9,15,19H,2,18H2,1H3. The monoisotopic (exact) mass is 262 g/mol. The first kappa shape index (κ1) is 13.6. The van der Waals surface area contributed by atoms with E-state index in [1.807, 2.05) is 31.2 Å². The molecule has 2 aromatic rings. The van der Waals surface area contributed by atoms with Crippen molar-refractivity contribution in [3.8, 4) is 0 Å². The Bertz CT molecular complexity index is 570. The minimum atomic E-state index is -0.869. The maximum Gasteiger partial charge on any atom is 0.163 e. The van der Waals surface area contributed by atoms with Crippen LogP contribution in [-0.2, 0) is 6.42 Å². The van der Waals surface area contributed by atoms with E-state index in [9.17, 15) is 8.78 Å². The number of aryl methyl sites for hydroxylation is 1. The number of nitrogens with one attached hydrogen (secondary N) is 1. The Morgan fingerprint density at radius 2 is 1.74 bits per heavy atom. The summed E-state index contributed by atoms with van der Waals surface area (Å²) in [5.41, 5.74) is 4.69. The maximum absolute atomic E-state index is 13.9. The second-order valence-electron chi connectivity index (χ2n) is 4.30. The van der Waals surface area contributed by atoms with Gasteiger partial charge in [0.2, 0.25) is 0 Å². The fourth-order valence-electron chi connectivity index (χ4n) is 2.23. The average molecular weight is 262 g/mol. The van der Waals surface area contributed by atoms with E-state index < -0.39 is 17.7 Å². The Hall–Kier alpha value is -1.78. The van der Waals surface area contributed by atoms with Gasteiger partial charge in [-0.05, 0) is 23.6 Å². The highest BCUT2D eigenvalue weighted by atomic mass is 19.2. The molecule has 2 rings (SSSR count). The van der Waals surface area contributed by atoms with Crippen LogP contribution >= 0.6 is 0 Å². The normalized spacial score (nSPS) is 12.4. The third-order valence-electron chi connectivity index (χ3n) is 3.21. The van der Waals surface area contributed by atoms with Gasteiger partial charge in [-0.2, -0.15) is 0 Å². The van der Waals surface area contributed by atoms with Crippen LogP contribution in [0.1, 0.15) is 29.7 Å². The molecule has 0 radical (unpaired) electrons. The van der Waals surface area contributed by atoms with Crippen LogP contribution in [0.2, 0.25) is 0 Å². The lowest BCUT2D eigenvalue weighted by Crippen LogP contribution is -2.30. The van der Waals surface area contributed by atoms with Gasteiger partial charge in [-0.25, -0.2) is 14.2 Å². The van der Waals surface area contributed by atoms with Crippen molar-refractivity contribution in [2.75, 3.05) is 0 Å². The molecule has 0 saturated carbocycles. The molecule has 0 aliphatic carbocycles. The molecule has 0 fully saturated rings. The summed E-state index contributed by atoms with van der Waals surface area (Å²) in [6.45, 7) is 2.01. The zero-order valence-electron chi connectivity index (χ0n) is 10.7. The Labute approximate surface area is 111 Å². The van der Waals surface area contributed by atoms with Crippen molar-refractivity contribution in [2.24, 2.45) is 5.84 Å². The molecule has 0 aromatic heterocycles. The number of hydrazine groups is 1. The molecule has 0 heterocycles. The van der Waals surface area contributed by atoms with Crippen molar-refractivity contribution in [1.82, 2.24) is 5.43 Å². The van der Waals surface area contributed by atoms with Crippen molar-refractivity contribution in [1.29, 1.82) is 0 Å². The first-order valence-electron chi connectivity index (χ1n) is 6.16. The van der Waals surface area contributed by atoms with Crippen molar-refractivity contribution in [3.05, 3.63) is 70.8 Å². The smallest absolute Gasteiger partial charge is 0.163 e. The molecule has 0 amide bonds. The van der Waals surface area contributed by atoms with E-state index in [0.717, 1.165) is 23.6 Å². The van der Waals surface area contributed by atoms with Crippen molar-refractivity contribution >= 4 is 0 Å². The fraction of sp³-hybridized carbons (Fsp3) is 0.200. The molecule has 2 aromatic carbocycles. The number of nitrogens with two attached hydrogens (primary N) is 1. The van der Waals surface area contributed by atoms with Crippen LogP contribution in [-0.4, -0.2) is 0 Å². The number of hydrogen-bond donors (Lipinski definition) is 2. The van der Waals surface area contributed by atoms with Gasteiger partial charge in [-0.15, -0.1) is 0 Å². The summed E-state index contributed by atoms with van der Waals surface area (Å²) in [6, 6.07) is 11.1. The van der Waals surface area contributed by atoms with Crippen LogP contribution in [0.3, 0.4) is 0 Å². The molecule has 0 saturated heterocycles. The molecular weight excluding hydrogens is 246 g/mol. The van der Waals surface area contributed by atoms with E-state index in [1.54, 1.807) is 0 Å². The summed E-state index contributed by atoms with van der Waals surface area (Å²) in [5.74, 6) is 3.81. The lowest BCUT2D eigenvalue weighted by molar-refractivity contribution is 0.482. The Balaban J connectivity index is 2.53. The molecule has 2 nitrogen and oxygen atoms in total. The lowest BCUT2D eigenvalue weighted by atomic mass is 9.93. The number of rotatable bonds is 4. The maximum atomic E-state index is 13.9. The van der Waals surface area contributed by atoms with Gasteiger partial charge in [-0.3, -0.25) is 5.84 Å². The lowest BCUT2D eigenvalue weighted by Gasteiger charge is -2.20. The van der Waals surface area contributed by atoms with Crippen LogP contribution < -0.4 is 11.3 Å². The van der Waals surface area contributed by atoms with Crippen molar-refractivity contribution < 1.29 is 8.78 Å². The summed E-state index contributed by atoms with van der Waals surface area (Å²) in [6.07, 6.45) is 0.797. The first-order chi connectivity index (χ1) is 9.19. The second-order valence-corrected chi connectivity index (χ2v) is 4.30. The molecule has 19 heavy (non-hydrogen) atoms. The third-order valence-corrected chi connectivity index (χ3v) is 3.21. The van der Waals surface area contributed by atoms with Gasteiger partial charge in [-0.1, -0.05) is 43.3 Å². The average Bonchev–Trinajstić information content (AvgIpc) is 2.45. The predicted octanol–water partition coefficient (Wildman–Crippen LogP) is 3.08. The van der Waals surface area contributed by atoms with Crippen molar-refractivity contribution in [3.63, 3.8) is 0 Å². The van der Waals surface area contributed by atoms with Crippen LogP contribution in [0.25, 0.3) is 0 Å². The zero-order chi connectivity index (χ0) is 13.8. The molecule has 4 heteroatoms. The Kier molecular flexibility index (Phi) is 4.24. The van der Waals surface area contributed by atoms with Crippen LogP contribution in [0, 0.1) is 11.6 Å². The largest absolute Gasteiger partial charge is 0.271 e. The van der Waals surface area contributed by atoms with Crippen LogP contribution in [0.5, 0.6) is 0 Å². The van der Waals surface area contributed by atoms with Gasteiger partial charge < -0.3 is 0 Å². The summed E-state index contributed by atoms with van der Waals surface area (Å²) in [5, 5.41) is 0. The molecule has 0 bridgehead atoms. The van der Waals surface area contributed by atoms with Gasteiger partial charge in [0, 0.05) is 5.56 Å². The summed E-state index contributed by atoms with van der Waals surface area (Å²) >= 11 is 0. The molecule has 1 unspecified atom stereocenters. The van der Waals surface area contributed by atoms with Gasteiger partial charge >= 0.3 is 0 Å². The minimum Gasteiger partial charge on any atom is -0.271 e. The summed E-state index contributed by atoms with van der Waals surface area (Å²) in [7, 11) is 0. The second kappa shape index (κ2) is 5.91. The highest BCUT2D eigenvalue weighted by Gasteiger charge is 2.20. The molecule has 0 spiro atoms. The summed E-state index contributed by atoms with van der Waals surface area (Å²) in [4.78, 5) is 0. The van der Waals surface area contributed by atoms with E-state index in [-0.39, 0.29) is 5.56 Å². The van der Waals surface area contributed by atoms with Crippen LogP contribution in [0.4, 0.5) is 8.78 Å². The molecular formula is C15H16F2N2. The van der Waals surface area contributed by atoms with E-state index in [4.69, 9.17) is 5.84 Å². The topological polar surface area (TPSA) is 38.0 Å². The Morgan fingerprint density at radius 3 is 2.42 bits per heavy atom. The number of halogens is 2. The third kappa shape index (κ3) is 2.64. The molecule has 3 N–H and O–H groups in total. The van der Waals surface area contributed by atoms with Gasteiger partial charge in [0.1, 0.15) is 0 Å². The van der Waals surface area contributed by atoms with E-state index in [1.165, 1.54) is 12.1 Å². The molecule has 0 aliphatic heterocycles. The van der Waals surface area contributed by atoms with E-state index in [0.29, 0.717) is 0 Å². The highest BCUT2D eigenvalue weighted by molar-refractivity contribution is 5.38. The fourth-order valence-corrected chi connectivity index (χ4v) is 2.23. The first-order valence-corrected chi connectivity index (χ1v) is 6.16.